The molecular formula is C17H17FN2O2. The number of amides is 1. The first-order chi connectivity index (χ1) is 10.7. The van der Waals surface area contributed by atoms with E-state index in [4.69, 9.17) is 4.42 Å². The molecule has 1 aromatic carbocycles. The van der Waals surface area contributed by atoms with Crippen LogP contribution in [0, 0.1) is 5.82 Å². The van der Waals surface area contributed by atoms with Gasteiger partial charge in [-0.05, 0) is 31.2 Å². The molecule has 0 bridgehead atoms. The molecule has 0 fully saturated rings. The van der Waals surface area contributed by atoms with Crippen molar-refractivity contribution in [3.63, 3.8) is 0 Å². The van der Waals surface area contributed by atoms with Crippen molar-refractivity contribution < 1.29 is 13.6 Å². The molecule has 1 N–H and O–H groups in total. The number of allylic oxidation sites excluding steroid dienone is 3. The highest BCUT2D eigenvalue weighted by Crippen LogP contribution is 2.18. The van der Waals surface area contributed by atoms with Crippen molar-refractivity contribution >= 4 is 5.91 Å². The molecule has 0 saturated heterocycles. The van der Waals surface area contributed by atoms with Crippen LogP contribution in [0.25, 0.3) is 11.5 Å². The van der Waals surface area contributed by atoms with Crippen molar-refractivity contribution in [3.8, 4) is 11.5 Å². The van der Waals surface area contributed by atoms with E-state index in [1.165, 1.54) is 18.2 Å². The number of halogens is 1. The summed E-state index contributed by atoms with van der Waals surface area (Å²) in [4.78, 5) is 15.8. The standard InChI is InChI=1S/C17H17FN2O2/c1-2-3-4-5-16(21)19-11-10-15-12-22-17(20-15)13-6-8-14(18)9-7-13/h2-9,12H,10-11H2,1H3,(H,19,21)/b3-2+,5-4-. The summed E-state index contributed by atoms with van der Waals surface area (Å²) < 4.78 is 18.2. The smallest absolute Gasteiger partial charge is 0.243 e. The van der Waals surface area contributed by atoms with Crippen LogP contribution in [0.3, 0.4) is 0 Å². The zero-order valence-corrected chi connectivity index (χ0v) is 12.3. The number of hydrogen-bond donors (Lipinski definition) is 1. The van der Waals surface area contributed by atoms with E-state index in [2.05, 4.69) is 10.3 Å². The van der Waals surface area contributed by atoms with Gasteiger partial charge >= 0.3 is 0 Å². The molecule has 4 nitrogen and oxygen atoms in total. The van der Waals surface area contributed by atoms with Gasteiger partial charge in [-0.15, -0.1) is 0 Å². The van der Waals surface area contributed by atoms with Crippen LogP contribution in [0.1, 0.15) is 12.6 Å². The molecule has 0 aliphatic carbocycles. The summed E-state index contributed by atoms with van der Waals surface area (Å²) in [6, 6.07) is 5.94. The van der Waals surface area contributed by atoms with E-state index in [1.54, 1.807) is 30.5 Å². The van der Waals surface area contributed by atoms with Gasteiger partial charge in [-0.3, -0.25) is 4.79 Å². The van der Waals surface area contributed by atoms with E-state index in [1.807, 2.05) is 13.0 Å². The summed E-state index contributed by atoms with van der Waals surface area (Å²) in [7, 11) is 0. The summed E-state index contributed by atoms with van der Waals surface area (Å²) in [6.07, 6.45) is 8.88. The molecule has 0 unspecified atom stereocenters. The van der Waals surface area contributed by atoms with Crippen molar-refractivity contribution in [2.24, 2.45) is 0 Å². The van der Waals surface area contributed by atoms with Crippen LogP contribution in [0.4, 0.5) is 4.39 Å². The summed E-state index contributed by atoms with van der Waals surface area (Å²) >= 11 is 0. The lowest BCUT2D eigenvalue weighted by Crippen LogP contribution is -2.23. The van der Waals surface area contributed by atoms with E-state index in [-0.39, 0.29) is 11.7 Å². The molecule has 0 saturated carbocycles. The Bertz CT molecular complexity index is 672. The molecule has 114 valence electrons. The Balaban J connectivity index is 1.85. The van der Waals surface area contributed by atoms with Crippen molar-refractivity contribution in [1.82, 2.24) is 10.3 Å². The molecule has 5 heteroatoms. The lowest BCUT2D eigenvalue weighted by molar-refractivity contribution is -0.116. The summed E-state index contributed by atoms with van der Waals surface area (Å²) in [6.45, 7) is 2.35. The van der Waals surface area contributed by atoms with E-state index in [0.717, 1.165) is 5.69 Å². The van der Waals surface area contributed by atoms with Crippen molar-refractivity contribution in [2.45, 2.75) is 13.3 Å². The molecule has 2 aromatic rings. The van der Waals surface area contributed by atoms with Crippen LogP contribution in [-0.2, 0) is 11.2 Å². The highest BCUT2D eigenvalue weighted by molar-refractivity contribution is 5.87. The summed E-state index contributed by atoms with van der Waals surface area (Å²) in [5.41, 5.74) is 1.45. The van der Waals surface area contributed by atoms with Gasteiger partial charge < -0.3 is 9.73 Å². The second kappa shape index (κ2) is 7.93. The van der Waals surface area contributed by atoms with E-state index < -0.39 is 0 Å². The van der Waals surface area contributed by atoms with Crippen LogP contribution >= 0.6 is 0 Å². The lowest BCUT2D eigenvalue weighted by atomic mass is 10.2. The quantitative estimate of drug-likeness (QED) is 0.658. The molecular weight excluding hydrogens is 283 g/mol. The van der Waals surface area contributed by atoms with Gasteiger partial charge in [-0.2, -0.15) is 0 Å². The van der Waals surface area contributed by atoms with E-state index in [9.17, 15) is 9.18 Å². The minimum Gasteiger partial charge on any atom is -0.444 e. The molecule has 0 spiro atoms. The van der Waals surface area contributed by atoms with Crippen molar-refractivity contribution in [2.75, 3.05) is 6.54 Å². The Morgan fingerprint density at radius 1 is 1.32 bits per heavy atom. The summed E-state index contributed by atoms with van der Waals surface area (Å²) in [5, 5.41) is 2.76. The number of benzene rings is 1. The van der Waals surface area contributed by atoms with Crippen LogP contribution in [0.5, 0.6) is 0 Å². The number of aromatic nitrogens is 1. The molecule has 1 aromatic heterocycles. The third kappa shape index (κ3) is 4.70. The first-order valence-corrected chi connectivity index (χ1v) is 6.96. The van der Waals surface area contributed by atoms with Gasteiger partial charge in [0.25, 0.3) is 0 Å². The highest BCUT2D eigenvalue weighted by Gasteiger charge is 2.07. The minimum absolute atomic E-state index is 0.152. The van der Waals surface area contributed by atoms with Gasteiger partial charge in [0.1, 0.15) is 12.1 Å². The van der Waals surface area contributed by atoms with Crippen LogP contribution in [0.15, 0.2) is 59.2 Å². The zero-order chi connectivity index (χ0) is 15.8. The van der Waals surface area contributed by atoms with Crippen LogP contribution in [0.2, 0.25) is 0 Å². The Morgan fingerprint density at radius 3 is 2.82 bits per heavy atom. The number of nitrogens with zero attached hydrogens (tertiary/aromatic N) is 1. The average Bonchev–Trinajstić information content (AvgIpc) is 2.97. The SMILES string of the molecule is C/C=C/C=C\C(=O)NCCc1coc(-c2ccc(F)cc2)n1. The topological polar surface area (TPSA) is 55.1 Å². The maximum atomic E-state index is 12.9. The van der Waals surface area contributed by atoms with Gasteiger partial charge in [-0.1, -0.05) is 18.2 Å². The van der Waals surface area contributed by atoms with Crippen LogP contribution in [-0.4, -0.2) is 17.4 Å². The van der Waals surface area contributed by atoms with Gasteiger partial charge in [0.2, 0.25) is 11.8 Å². The molecule has 0 atom stereocenters. The van der Waals surface area contributed by atoms with Gasteiger partial charge in [-0.25, -0.2) is 9.37 Å². The number of carbonyl (C=O) groups is 1. The molecule has 0 aliphatic heterocycles. The second-order valence-corrected chi connectivity index (χ2v) is 4.58. The highest BCUT2D eigenvalue weighted by atomic mass is 19.1. The third-order valence-corrected chi connectivity index (χ3v) is 2.87. The molecule has 22 heavy (non-hydrogen) atoms. The minimum atomic E-state index is -0.302. The van der Waals surface area contributed by atoms with Crippen molar-refractivity contribution in [1.29, 1.82) is 0 Å². The maximum absolute atomic E-state index is 12.9. The Kier molecular flexibility index (Phi) is 5.65. The predicted molar refractivity (Wildman–Crippen MR) is 82.6 cm³/mol. The lowest BCUT2D eigenvalue weighted by Gasteiger charge is -1.98. The molecule has 1 heterocycles. The first kappa shape index (κ1) is 15.7. The average molecular weight is 300 g/mol. The third-order valence-electron chi connectivity index (χ3n) is 2.87. The number of carbonyl (C=O) groups excluding carboxylic acids is 1. The predicted octanol–water partition coefficient (Wildman–Crippen LogP) is 3.27. The zero-order valence-electron chi connectivity index (χ0n) is 12.3. The number of rotatable bonds is 6. The fourth-order valence-corrected chi connectivity index (χ4v) is 1.77. The first-order valence-electron chi connectivity index (χ1n) is 6.96. The normalized spacial score (nSPS) is 11.4. The molecule has 1 amide bonds. The fourth-order valence-electron chi connectivity index (χ4n) is 1.77. The fraction of sp³-hybridized carbons (Fsp3) is 0.176. The number of oxazole rings is 1. The maximum Gasteiger partial charge on any atom is 0.243 e. The Morgan fingerprint density at radius 2 is 2.09 bits per heavy atom. The Hall–Kier alpha value is -2.69. The monoisotopic (exact) mass is 300 g/mol. The number of hydrogen-bond acceptors (Lipinski definition) is 3. The van der Waals surface area contributed by atoms with E-state index in [0.29, 0.717) is 24.4 Å². The molecule has 0 radical (unpaired) electrons. The largest absolute Gasteiger partial charge is 0.444 e. The second-order valence-electron chi connectivity index (χ2n) is 4.58. The molecule has 0 aliphatic rings. The van der Waals surface area contributed by atoms with Gasteiger partial charge in [0.05, 0.1) is 5.69 Å². The molecule has 2 rings (SSSR count). The van der Waals surface area contributed by atoms with Gasteiger partial charge in [0.15, 0.2) is 0 Å². The van der Waals surface area contributed by atoms with Crippen molar-refractivity contribution in [3.05, 3.63) is 66.3 Å². The van der Waals surface area contributed by atoms with E-state index >= 15 is 0 Å². The van der Waals surface area contributed by atoms with Crippen LogP contribution < -0.4 is 5.32 Å². The number of nitrogens with one attached hydrogen (secondary N) is 1. The summed E-state index contributed by atoms with van der Waals surface area (Å²) in [5.74, 6) is -0.0149. The van der Waals surface area contributed by atoms with Gasteiger partial charge in [0, 0.05) is 24.6 Å². The Labute approximate surface area is 128 Å².